The summed E-state index contributed by atoms with van der Waals surface area (Å²) >= 11 is 0. The SMILES string of the molecule is COCCCNC(=O)Nc1ccc(CC(=O)O)cc1. The van der Waals surface area contributed by atoms with E-state index in [4.69, 9.17) is 9.84 Å². The number of hydrogen-bond acceptors (Lipinski definition) is 3. The maximum Gasteiger partial charge on any atom is 0.319 e. The van der Waals surface area contributed by atoms with Crippen LogP contribution in [0, 0.1) is 0 Å². The van der Waals surface area contributed by atoms with Crippen LogP contribution in [0.1, 0.15) is 12.0 Å². The van der Waals surface area contributed by atoms with Gasteiger partial charge in [0.15, 0.2) is 0 Å². The minimum Gasteiger partial charge on any atom is -0.481 e. The summed E-state index contributed by atoms with van der Waals surface area (Å²) in [5.74, 6) is -0.878. The number of carboxylic acids is 1. The summed E-state index contributed by atoms with van der Waals surface area (Å²) in [5, 5.41) is 14.0. The van der Waals surface area contributed by atoms with Gasteiger partial charge in [0.05, 0.1) is 6.42 Å². The molecule has 0 spiro atoms. The molecule has 104 valence electrons. The van der Waals surface area contributed by atoms with Crippen molar-refractivity contribution in [3.63, 3.8) is 0 Å². The van der Waals surface area contributed by atoms with Gasteiger partial charge < -0.3 is 20.5 Å². The summed E-state index contributed by atoms with van der Waals surface area (Å²) in [7, 11) is 1.61. The van der Waals surface area contributed by atoms with Crippen molar-refractivity contribution in [2.24, 2.45) is 0 Å². The van der Waals surface area contributed by atoms with E-state index in [0.717, 1.165) is 6.42 Å². The Hall–Kier alpha value is -2.08. The van der Waals surface area contributed by atoms with Crippen molar-refractivity contribution >= 4 is 17.7 Å². The molecular weight excluding hydrogens is 248 g/mol. The molecule has 0 fully saturated rings. The van der Waals surface area contributed by atoms with Crippen molar-refractivity contribution in [3.05, 3.63) is 29.8 Å². The van der Waals surface area contributed by atoms with Gasteiger partial charge in [0.25, 0.3) is 0 Å². The normalized spacial score (nSPS) is 9.95. The molecule has 1 rings (SSSR count). The first kappa shape index (κ1) is 15.0. The number of benzene rings is 1. The Labute approximate surface area is 111 Å². The third kappa shape index (κ3) is 6.42. The molecule has 0 radical (unpaired) electrons. The molecule has 6 nitrogen and oxygen atoms in total. The van der Waals surface area contributed by atoms with Crippen molar-refractivity contribution in [2.75, 3.05) is 25.6 Å². The fourth-order valence-corrected chi connectivity index (χ4v) is 1.47. The highest BCUT2D eigenvalue weighted by Crippen LogP contribution is 2.09. The van der Waals surface area contributed by atoms with Crippen molar-refractivity contribution in [1.29, 1.82) is 0 Å². The van der Waals surface area contributed by atoms with Crippen LogP contribution in [-0.4, -0.2) is 37.4 Å². The molecular formula is C13H18N2O4. The van der Waals surface area contributed by atoms with E-state index in [0.29, 0.717) is 24.4 Å². The van der Waals surface area contributed by atoms with E-state index in [9.17, 15) is 9.59 Å². The van der Waals surface area contributed by atoms with Crippen molar-refractivity contribution in [1.82, 2.24) is 5.32 Å². The summed E-state index contributed by atoms with van der Waals surface area (Å²) in [6, 6.07) is 6.41. The van der Waals surface area contributed by atoms with Crippen LogP contribution in [0.4, 0.5) is 10.5 Å². The molecule has 0 bridgehead atoms. The predicted octanol–water partition coefficient (Wildman–Crippen LogP) is 1.47. The van der Waals surface area contributed by atoms with E-state index >= 15 is 0 Å². The molecule has 0 aliphatic heterocycles. The lowest BCUT2D eigenvalue weighted by molar-refractivity contribution is -0.136. The average Bonchev–Trinajstić information content (AvgIpc) is 2.36. The molecule has 0 aromatic heterocycles. The van der Waals surface area contributed by atoms with Crippen LogP contribution in [0.2, 0.25) is 0 Å². The summed E-state index contributed by atoms with van der Waals surface area (Å²) in [6.45, 7) is 1.14. The minimum atomic E-state index is -0.878. The zero-order chi connectivity index (χ0) is 14.1. The lowest BCUT2D eigenvalue weighted by atomic mass is 10.1. The summed E-state index contributed by atoms with van der Waals surface area (Å²) in [6.07, 6.45) is 0.727. The third-order valence-electron chi connectivity index (χ3n) is 2.38. The Morgan fingerprint density at radius 3 is 2.53 bits per heavy atom. The van der Waals surface area contributed by atoms with Gasteiger partial charge in [0.2, 0.25) is 0 Å². The number of rotatable bonds is 7. The molecule has 0 unspecified atom stereocenters. The molecule has 0 aliphatic rings. The van der Waals surface area contributed by atoms with Crippen LogP contribution >= 0.6 is 0 Å². The van der Waals surface area contributed by atoms with Crippen LogP contribution in [0.3, 0.4) is 0 Å². The Balaban J connectivity index is 2.36. The second kappa shape index (κ2) is 8.10. The molecule has 2 amide bonds. The first-order valence-electron chi connectivity index (χ1n) is 5.96. The summed E-state index contributed by atoms with van der Waals surface area (Å²) < 4.78 is 4.87. The quantitative estimate of drug-likeness (QED) is 0.652. The summed E-state index contributed by atoms with van der Waals surface area (Å²) in [4.78, 5) is 22.0. The fourth-order valence-electron chi connectivity index (χ4n) is 1.47. The molecule has 0 saturated carbocycles. The Kier molecular flexibility index (Phi) is 6.38. The van der Waals surface area contributed by atoms with Crippen LogP contribution in [0.15, 0.2) is 24.3 Å². The fraction of sp³-hybridized carbons (Fsp3) is 0.385. The maximum absolute atomic E-state index is 11.5. The highest BCUT2D eigenvalue weighted by Gasteiger charge is 2.03. The smallest absolute Gasteiger partial charge is 0.319 e. The lowest BCUT2D eigenvalue weighted by Crippen LogP contribution is -2.30. The van der Waals surface area contributed by atoms with E-state index in [-0.39, 0.29) is 12.5 Å². The molecule has 0 heterocycles. The van der Waals surface area contributed by atoms with Gasteiger partial charge in [-0.25, -0.2) is 4.79 Å². The second-order valence-corrected chi connectivity index (χ2v) is 3.99. The number of aliphatic carboxylic acids is 1. The molecule has 1 aromatic carbocycles. The maximum atomic E-state index is 11.5. The zero-order valence-corrected chi connectivity index (χ0v) is 10.8. The van der Waals surface area contributed by atoms with E-state index in [1.807, 2.05) is 0 Å². The third-order valence-corrected chi connectivity index (χ3v) is 2.38. The van der Waals surface area contributed by atoms with Gasteiger partial charge in [-0.1, -0.05) is 12.1 Å². The number of methoxy groups -OCH3 is 1. The Morgan fingerprint density at radius 1 is 1.26 bits per heavy atom. The van der Waals surface area contributed by atoms with Gasteiger partial charge in [0, 0.05) is 25.9 Å². The van der Waals surface area contributed by atoms with E-state index in [1.165, 1.54) is 0 Å². The van der Waals surface area contributed by atoms with Crippen LogP contribution < -0.4 is 10.6 Å². The molecule has 0 aliphatic carbocycles. The monoisotopic (exact) mass is 266 g/mol. The molecule has 19 heavy (non-hydrogen) atoms. The molecule has 0 atom stereocenters. The zero-order valence-electron chi connectivity index (χ0n) is 10.8. The topological polar surface area (TPSA) is 87.7 Å². The number of anilines is 1. The molecule has 3 N–H and O–H groups in total. The number of carbonyl (C=O) groups excluding carboxylic acids is 1. The second-order valence-electron chi connectivity index (χ2n) is 3.99. The van der Waals surface area contributed by atoms with Crippen LogP contribution in [0.5, 0.6) is 0 Å². The minimum absolute atomic E-state index is 0.0243. The van der Waals surface area contributed by atoms with Crippen LogP contribution in [0.25, 0.3) is 0 Å². The van der Waals surface area contributed by atoms with Crippen molar-refractivity contribution < 1.29 is 19.4 Å². The lowest BCUT2D eigenvalue weighted by Gasteiger charge is -2.07. The van der Waals surface area contributed by atoms with Gasteiger partial charge in [-0.05, 0) is 24.1 Å². The van der Waals surface area contributed by atoms with E-state index < -0.39 is 5.97 Å². The number of nitrogens with one attached hydrogen (secondary N) is 2. The molecule has 0 saturated heterocycles. The number of carbonyl (C=O) groups is 2. The first-order chi connectivity index (χ1) is 9.11. The van der Waals surface area contributed by atoms with Gasteiger partial charge in [0.1, 0.15) is 0 Å². The van der Waals surface area contributed by atoms with Crippen molar-refractivity contribution in [2.45, 2.75) is 12.8 Å². The van der Waals surface area contributed by atoms with E-state index in [1.54, 1.807) is 31.4 Å². The highest BCUT2D eigenvalue weighted by atomic mass is 16.5. The predicted molar refractivity (Wildman–Crippen MR) is 71.3 cm³/mol. The molecule has 6 heteroatoms. The number of carboxylic acid groups (broad SMARTS) is 1. The number of hydrogen-bond donors (Lipinski definition) is 3. The standard InChI is InChI=1S/C13H18N2O4/c1-19-8-2-7-14-13(18)15-11-5-3-10(4-6-11)9-12(16)17/h3-6H,2,7-9H2,1H3,(H,16,17)(H2,14,15,18). The van der Waals surface area contributed by atoms with E-state index in [2.05, 4.69) is 10.6 Å². The largest absolute Gasteiger partial charge is 0.481 e. The van der Waals surface area contributed by atoms with Crippen molar-refractivity contribution in [3.8, 4) is 0 Å². The van der Waals surface area contributed by atoms with Gasteiger partial charge in [-0.3, -0.25) is 4.79 Å². The van der Waals surface area contributed by atoms with Gasteiger partial charge in [-0.15, -0.1) is 0 Å². The average molecular weight is 266 g/mol. The number of amides is 2. The molecule has 1 aromatic rings. The Morgan fingerprint density at radius 2 is 1.95 bits per heavy atom. The Bertz CT molecular complexity index is 417. The highest BCUT2D eigenvalue weighted by molar-refractivity contribution is 5.89. The first-order valence-corrected chi connectivity index (χ1v) is 5.96. The number of ether oxygens (including phenoxy) is 1. The van der Waals surface area contributed by atoms with Crippen LogP contribution in [-0.2, 0) is 16.0 Å². The summed E-state index contributed by atoms with van der Waals surface area (Å²) in [5.41, 5.74) is 1.32. The van der Waals surface area contributed by atoms with Gasteiger partial charge >= 0.3 is 12.0 Å². The number of urea groups is 1. The van der Waals surface area contributed by atoms with Gasteiger partial charge in [-0.2, -0.15) is 0 Å².